The maximum absolute atomic E-state index is 13.4. The Kier molecular flexibility index (Phi) is 6.98. The number of benzene rings is 3. The van der Waals surface area contributed by atoms with Crippen molar-refractivity contribution in [1.29, 1.82) is 0 Å². The van der Waals surface area contributed by atoms with Crippen LogP contribution in [-0.4, -0.2) is 57.1 Å². The first-order valence-corrected chi connectivity index (χ1v) is 13.2. The Balaban J connectivity index is 1.32. The van der Waals surface area contributed by atoms with E-state index in [1.54, 1.807) is 19.1 Å². The lowest BCUT2D eigenvalue weighted by molar-refractivity contribution is -0.114. The van der Waals surface area contributed by atoms with Crippen LogP contribution in [-0.2, 0) is 4.79 Å². The van der Waals surface area contributed by atoms with Gasteiger partial charge in [-0.05, 0) is 61.4 Å². The zero-order valence-corrected chi connectivity index (χ0v) is 22.5. The number of nitrogens with zero attached hydrogens (tertiary/aromatic N) is 3. The third-order valence-corrected chi connectivity index (χ3v) is 8.08. The summed E-state index contributed by atoms with van der Waals surface area (Å²) < 4.78 is 5.44. The van der Waals surface area contributed by atoms with Crippen LogP contribution < -0.4 is 14.5 Å². The Morgan fingerprint density at radius 1 is 0.946 bits per heavy atom. The molecule has 0 spiro atoms. The molecule has 0 radical (unpaired) electrons. The van der Waals surface area contributed by atoms with Crippen molar-refractivity contribution in [3.63, 3.8) is 0 Å². The summed E-state index contributed by atoms with van der Waals surface area (Å²) in [7, 11) is 3.38. The lowest BCUT2D eigenvalue weighted by atomic mass is 10.1. The molecule has 2 heterocycles. The minimum Gasteiger partial charge on any atom is -0.496 e. The maximum atomic E-state index is 13.4. The lowest BCUT2D eigenvalue weighted by Gasteiger charge is -2.37. The van der Waals surface area contributed by atoms with E-state index in [4.69, 9.17) is 4.74 Å². The predicted molar refractivity (Wildman–Crippen MR) is 151 cm³/mol. The van der Waals surface area contributed by atoms with Crippen LogP contribution in [0.5, 0.6) is 5.75 Å². The highest BCUT2D eigenvalue weighted by atomic mass is 32.2. The van der Waals surface area contributed by atoms with Crippen molar-refractivity contribution in [2.45, 2.75) is 18.7 Å². The number of likely N-dealkylation sites (N-methyl/N-ethyl adjacent to an activating group) is 1. The van der Waals surface area contributed by atoms with E-state index in [2.05, 4.69) is 36.9 Å². The van der Waals surface area contributed by atoms with E-state index < -0.39 is 0 Å². The first-order valence-electron chi connectivity index (χ1n) is 12.4. The summed E-state index contributed by atoms with van der Waals surface area (Å²) in [4.78, 5) is 34.0. The summed E-state index contributed by atoms with van der Waals surface area (Å²) in [6.45, 7) is 7.16. The van der Waals surface area contributed by atoms with Gasteiger partial charge in [0, 0.05) is 54.9 Å². The van der Waals surface area contributed by atoms with Gasteiger partial charge in [-0.2, -0.15) is 0 Å². The van der Waals surface area contributed by atoms with Crippen LogP contribution >= 0.6 is 11.8 Å². The van der Waals surface area contributed by atoms with Crippen LogP contribution in [0.25, 0.3) is 6.08 Å². The number of amides is 2. The molecule has 0 aromatic heterocycles. The van der Waals surface area contributed by atoms with Gasteiger partial charge in [-0.15, -0.1) is 0 Å². The Morgan fingerprint density at radius 2 is 1.70 bits per heavy atom. The number of carbonyl (C=O) groups excluding carboxylic acids is 2. The van der Waals surface area contributed by atoms with Crippen molar-refractivity contribution in [3.05, 3.63) is 87.8 Å². The Morgan fingerprint density at radius 3 is 2.46 bits per heavy atom. The van der Waals surface area contributed by atoms with Gasteiger partial charge in [-0.3, -0.25) is 9.59 Å². The summed E-state index contributed by atoms with van der Waals surface area (Å²) in [5, 5.41) is 0. The number of fused-ring (bicyclic) bond motifs is 1. The van der Waals surface area contributed by atoms with Gasteiger partial charge in [-0.1, -0.05) is 42.1 Å². The molecule has 7 heteroatoms. The second-order valence-electron chi connectivity index (χ2n) is 9.47. The van der Waals surface area contributed by atoms with Gasteiger partial charge in [0.05, 0.1) is 17.7 Å². The zero-order chi connectivity index (χ0) is 26.1. The average molecular weight is 514 g/mol. The summed E-state index contributed by atoms with van der Waals surface area (Å²) in [5.74, 6) is 0.621. The monoisotopic (exact) mass is 513 g/mol. The highest BCUT2D eigenvalue weighted by Crippen LogP contribution is 2.42. The largest absolute Gasteiger partial charge is 0.496 e. The molecule has 2 aliphatic heterocycles. The van der Waals surface area contributed by atoms with Gasteiger partial charge in [0.15, 0.2) is 0 Å². The lowest BCUT2D eigenvalue weighted by Crippen LogP contribution is -2.49. The average Bonchev–Trinajstić information content (AvgIpc) is 2.92. The number of thioether (sulfide) groups is 1. The molecule has 3 aromatic carbocycles. The Hall–Kier alpha value is -3.71. The normalized spacial score (nSPS) is 16.7. The number of ether oxygens (including phenoxy) is 1. The minimum atomic E-state index is -0.102. The first-order chi connectivity index (χ1) is 17.9. The van der Waals surface area contributed by atoms with Gasteiger partial charge in [0.2, 0.25) is 0 Å². The predicted octanol–water partition coefficient (Wildman–Crippen LogP) is 5.38. The second-order valence-corrected chi connectivity index (χ2v) is 10.6. The number of anilines is 2. The SMILES string of the molecule is COc1ccccc1C=C1Sc2ccc(C(=O)N3CCN(c4cc(C)ccc4C)CC3)cc2N(C)C1=O. The number of carbonyl (C=O) groups is 2. The molecule has 5 rings (SSSR count). The van der Waals surface area contributed by atoms with Crippen molar-refractivity contribution in [3.8, 4) is 5.75 Å². The molecule has 1 fully saturated rings. The number of rotatable bonds is 4. The molecule has 2 amide bonds. The summed E-state index contributed by atoms with van der Waals surface area (Å²) in [6.07, 6.45) is 1.86. The second kappa shape index (κ2) is 10.3. The van der Waals surface area contributed by atoms with Crippen LogP contribution in [0, 0.1) is 13.8 Å². The summed E-state index contributed by atoms with van der Waals surface area (Å²) >= 11 is 1.42. The molecule has 0 unspecified atom stereocenters. The third kappa shape index (κ3) is 4.96. The topological polar surface area (TPSA) is 53.1 Å². The molecule has 0 saturated carbocycles. The molecular weight excluding hydrogens is 482 g/mol. The van der Waals surface area contributed by atoms with Crippen molar-refractivity contribution >= 4 is 41.0 Å². The molecular formula is C30H31N3O3S. The molecule has 37 heavy (non-hydrogen) atoms. The van der Waals surface area contributed by atoms with E-state index >= 15 is 0 Å². The first kappa shape index (κ1) is 25.0. The van der Waals surface area contributed by atoms with E-state index in [9.17, 15) is 9.59 Å². The smallest absolute Gasteiger partial charge is 0.264 e. The van der Waals surface area contributed by atoms with Crippen LogP contribution in [0.15, 0.2) is 70.5 Å². The molecule has 3 aromatic rings. The van der Waals surface area contributed by atoms with Gasteiger partial charge in [0.25, 0.3) is 11.8 Å². The number of aryl methyl sites for hydroxylation is 2. The molecule has 2 aliphatic rings. The van der Waals surface area contributed by atoms with Gasteiger partial charge >= 0.3 is 0 Å². The zero-order valence-electron chi connectivity index (χ0n) is 21.7. The quantitative estimate of drug-likeness (QED) is 0.438. The molecule has 0 aliphatic carbocycles. The molecule has 0 N–H and O–H groups in total. The van der Waals surface area contributed by atoms with E-state index in [1.165, 1.54) is 28.6 Å². The van der Waals surface area contributed by atoms with Crippen LogP contribution in [0.3, 0.4) is 0 Å². The van der Waals surface area contributed by atoms with Crippen LogP contribution in [0.1, 0.15) is 27.0 Å². The fourth-order valence-corrected chi connectivity index (χ4v) is 5.93. The van der Waals surface area contributed by atoms with E-state index in [1.807, 2.05) is 53.4 Å². The molecule has 6 nitrogen and oxygen atoms in total. The minimum absolute atomic E-state index is 0.00428. The highest BCUT2D eigenvalue weighted by molar-refractivity contribution is 8.04. The molecule has 0 atom stereocenters. The van der Waals surface area contributed by atoms with E-state index in [0.29, 0.717) is 23.6 Å². The number of para-hydroxylation sites is 1. The fraction of sp³-hybridized carbons (Fsp3) is 0.267. The highest BCUT2D eigenvalue weighted by Gasteiger charge is 2.29. The molecule has 190 valence electrons. The van der Waals surface area contributed by atoms with Crippen molar-refractivity contribution in [1.82, 2.24) is 4.90 Å². The third-order valence-electron chi connectivity index (χ3n) is 7.00. The molecule has 0 bridgehead atoms. The van der Waals surface area contributed by atoms with Crippen molar-refractivity contribution in [2.75, 3.05) is 50.1 Å². The number of methoxy groups -OCH3 is 1. The Labute approximate surface area is 222 Å². The van der Waals surface area contributed by atoms with E-state index in [0.717, 1.165) is 35.0 Å². The molecule has 1 saturated heterocycles. The number of hydrogen-bond donors (Lipinski definition) is 0. The van der Waals surface area contributed by atoms with Crippen LogP contribution in [0.4, 0.5) is 11.4 Å². The van der Waals surface area contributed by atoms with Crippen LogP contribution in [0.2, 0.25) is 0 Å². The fourth-order valence-electron chi connectivity index (χ4n) is 4.85. The standard InChI is InChI=1S/C30H31N3O3S/c1-20-9-10-21(2)24(17-20)32-13-15-33(16-14-32)29(34)23-11-12-27-25(18-23)31(3)30(35)28(37-27)19-22-7-5-6-8-26(22)36-4/h5-12,17-19H,13-16H2,1-4H3. The van der Waals surface area contributed by atoms with Crippen molar-refractivity contribution < 1.29 is 14.3 Å². The van der Waals surface area contributed by atoms with Gasteiger partial charge in [-0.25, -0.2) is 0 Å². The van der Waals surface area contributed by atoms with Crippen molar-refractivity contribution in [2.24, 2.45) is 0 Å². The maximum Gasteiger partial charge on any atom is 0.264 e. The van der Waals surface area contributed by atoms with Gasteiger partial charge in [0.1, 0.15) is 5.75 Å². The number of hydrogen-bond acceptors (Lipinski definition) is 5. The van der Waals surface area contributed by atoms with Gasteiger partial charge < -0.3 is 19.4 Å². The summed E-state index contributed by atoms with van der Waals surface area (Å²) in [6, 6.07) is 19.8. The Bertz CT molecular complexity index is 1390. The van der Waals surface area contributed by atoms with E-state index in [-0.39, 0.29) is 11.8 Å². The summed E-state index contributed by atoms with van der Waals surface area (Å²) in [5.41, 5.74) is 5.96. The number of piperazine rings is 1.